The number of alkyl carbamates (subject to hydrolysis) is 1. The maximum absolute atomic E-state index is 14.0. The lowest BCUT2D eigenvalue weighted by Crippen LogP contribution is -2.65. The molecular weight excluding hydrogens is 593 g/mol. The van der Waals surface area contributed by atoms with Gasteiger partial charge < -0.3 is 30.0 Å². The van der Waals surface area contributed by atoms with Crippen LogP contribution < -0.4 is 16.0 Å². The van der Waals surface area contributed by atoms with E-state index in [2.05, 4.69) is 57.5 Å². The second kappa shape index (κ2) is 14.8. The van der Waals surface area contributed by atoms with Gasteiger partial charge in [0.2, 0.25) is 5.91 Å². The van der Waals surface area contributed by atoms with E-state index >= 15 is 0 Å². The summed E-state index contributed by atoms with van der Waals surface area (Å²) in [6.45, 7) is 13.1. The van der Waals surface area contributed by atoms with Crippen molar-refractivity contribution in [3.05, 3.63) is 71.3 Å². The number of carbonyl (C=O) groups excluding carboxylic acids is 3. The average Bonchev–Trinajstić information content (AvgIpc) is 3.42. The first-order valence-electron chi connectivity index (χ1n) is 17.4. The predicted octanol–water partition coefficient (Wildman–Crippen LogP) is 5.85. The molecule has 0 unspecified atom stereocenters. The zero-order valence-electron chi connectivity index (χ0n) is 28.8. The predicted molar refractivity (Wildman–Crippen MR) is 182 cm³/mol. The molecule has 4 aliphatic rings. The summed E-state index contributed by atoms with van der Waals surface area (Å²) in [5.74, 6) is -0.0135. The van der Waals surface area contributed by atoms with Crippen molar-refractivity contribution in [2.75, 3.05) is 6.54 Å². The molecule has 0 spiro atoms. The van der Waals surface area contributed by atoms with E-state index in [1.807, 2.05) is 42.5 Å². The van der Waals surface area contributed by atoms with E-state index < -0.39 is 42.6 Å². The van der Waals surface area contributed by atoms with Crippen molar-refractivity contribution in [3.63, 3.8) is 0 Å². The van der Waals surface area contributed by atoms with Gasteiger partial charge in [0.05, 0.1) is 24.2 Å². The van der Waals surface area contributed by atoms with Gasteiger partial charge in [-0.2, -0.15) is 0 Å². The van der Waals surface area contributed by atoms with Gasteiger partial charge in [0.15, 0.2) is 0 Å². The average molecular weight is 646 g/mol. The highest BCUT2D eigenvalue weighted by atomic mass is 16.7. The molecule has 2 bridgehead atoms. The SMILES string of the molecule is CCCCc1ccc(C(=O)N[C@@H](CNC(=O)OCc2ccccc2)C(=O)N[C@@H](CC(C)C)B2O[C@@H]3C[C@@H]4C[C@@H](C4(C)C)[C@]3(C)O2)cc1. The highest BCUT2D eigenvalue weighted by Gasteiger charge is 2.68. The number of carbonyl (C=O) groups is 3. The summed E-state index contributed by atoms with van der Waals surface area (Å²) in [5.41, 5.74) is 2.23. The van der Waals surface area contributed by atoms with E-state index in [0.29, 0.717) is 23.8 Å². The zero-order chi connectivity index (χ0) is 33.8. The van der Waals surface area contributed by atoms with E-state index in [1.165, 1.54) is 0 Å². The Bertz CT molecular complexity index is 1390. The maximum Gasteiger partial charge on any atom is 0.481 e. The van der Waals surface area contributed by atoms with Crippen molar-refractivity contribution in [1.82, 2.24) is 16.0 Å². The number of hydrogen-bond donors (Lipinski definition) is 3. The molecular formula is C37H52BN3O6. The molecule has 1 aliphatic heterocycles. The largest absolute Gasteiger partial charge is 0.481 e. The van der Waals surface area contributed by atoms with Crippen molar-refractivity contribution in [2.24, 2.45) is 23.2 Å². The van der Waals surface area contributed by atoms with Gasteiger partial charge in [0, 0.05) is 5.56 Å². The summed E-state index contributed by atoms with van der Waals surface area (Å²) >= 11 is 0. The van der Waals surface area contributed by atoms with Crippen molar-refractivity contribution < 1.29 is 28.4 Å². The van der Waals surface area contributed by atoms with Crippen LogP contribution in [-0.4, -0.2) is 55.3 Å². The molecule has 4 fully saturated rings. The lowest BCUT2D eigenvalue weighted by molar-refractivity contribution is -0.199. The van der Waals surface area contributed by atoms with Crippen LogP contribution in [-0.2, 0) is 31.9 Å². The minimum Gasteiger partial charge on any atom is -0.445 e. The molecule has 10 heteroatoms. The first-order valence-corrected chi connectivity index (χ1v) is 17.4. The molecule has 1 heterocycles. The molecule has 0 aromatic heterocycles. The first-order chi connectivity index (χ1) is 22.4. The number of amides is 3. The van der Waals surface area contributed by atoms with Gasteiger partial charge in [-0.25, -0.2) is 4.79 Å². The maximum atomic E-state index is 14.0. The number of unbranched alkanes of at least 4 members (excludes halogenated alkanes) is 1. The molecule has 6 rings (SSSR count). The normalized spacial score (nSPS) is 25.3. The Morgan fingerprint density at radius 2 is 1.70 bits per heavy atom. The second-order valence-corrected chi connectivity index (χ2v) is 14.9. The third-order valence-corrected chi connectivity index (χ3v) is 10.7. The van der Waals surface area contributed by atoms with Gasteiger partial charge >= 0.3 is 13.2 Å². The molecule has 2 aromatic carbocycles. The lowest BCUT2D eigenvalue weighted by Gasteiger charge is -2.64. The standard InChI is InChI=1S/C37H52BN3O6/c1-7-8-12-25-15-17-27(18-16-25)33(42)40-29(22-39-35(44)45-23-26-13-10-9-11-14-26)34(43)41-32(19-24(2)3)38-46-31-21-28-20-30(36(28,4)5)37(31,6)47-38/h9-11,13-18,24,28-32H,7-8,12,19-23H2,1-6H3,(H,39,44)(H,40,42)(H,41,43)/t28-,29-,30-,31+,32-,37-/m0/s1. The van der Waals surface area contributed by atoms with Crippen LogP contribution in [0.3, 0.4) is 0 Å². The lowest BCUT2D eigenvalue weighted by atomic mass is 9.43. The summed E-state index contributed by atoms with van der Waals surface area (Å²) in [5, 5.41) is 8.67. The molecule has 0 radical (unpaired) electrons. The van der Waals surface area contributed by atoms with Crippen molar-refractivity contribution in [1.29, 1.82) is 0 Å². The van der Waals surface area contributed by atoms with E-state index in [0.717, 1.165) is 43.2 Å². The zero-order valence-corrected chi connectivity index (χ0v) is 28.8. The molecule has 3 saturated carbocycles. The molecule has 9 nitrogen and oxygen atoms in total. The second-order valence-electron chi connectivity index (χ2n) is 14.9. The van der Waals surface area contributed by atoms with E-state index in [9.17, 15) is 14.4 Å². The van der Waals surface area contributed by atoms with Crippen LogP contribution >= 0.6 is 0 Å². The number of benzene rings is 2. The van der Waals surface area contributed by atoms with Gasteiger partial charge in [0.1, 0.15) is 12.6 Å². The molecule has 254 valence electrons. The molecule has 2 aromatic rings. The third-order valence-electron chi connectivity index (χ3n) is 10.7. The minimum absolute atomic E-state index is 0.0207. The summed E-state index contributed by atoms with van der Waals surface area (Å²) in [6.07, 6.45) is 5.12. The molecule has 3 N–H and O–H groups in total. The number of ether oxygens (including phenoxy) is 1. The van der Waals surface area contributed by atoms with Crippen LogP contribution in [0.2, 0.25) is 0 Å². The van der Waals surface area contributed by atoms with E-state index in [1.54, 1.807) is 12.1 Å². The fourth-order valence-corrected chi connectivity index (χ4v) is 7.71. The summed E-state index contributed by atoms with van der Waals surface area (Å²) < 4.78 is 18.7. The molecule has 3 amide bonds. The number of hydrogen-bond acceptors (Lipinski definition) is 6. The van der Waals surface area contributed by atoms with Gasteiger partial charge in [0.25, 0.3) is 5.91 Å². The topological polar surface area (TPSA) is 115 Å². The Hall–Kier alpha value is -3.37. The minimum atomic E-state index is -1.06. The highest BCUT2D eigenvalue weighted by Crippen LogP contribution is 2.65. The Balaban J connectivity index is 1.28. The first kappa shape index (κ1) is 35.0. The smallest absolute Gasteiger partial charge is 0.445 e. The summed E-state index contributed by atoms with van der Waals surface area (Å²) in [4.78, 5) is 40.0. The molecule has 47 heavy (non-hydrogen) atoms. The number of rotatable bonds is 14. The molecule has 6 atom stereocenters. The van der Waals surface area contributed by atoms with Crippen LogP contribution in [0.4, 0.5) is 4.79 Å². The Morgan fingerprint density at radius 3 is 2.36 bits per heavy atom. The van der Waals surface area contributed by atoms with Crippen LogP contribution in [0.1, 0.15) is 95.1 Å². The van der Waals surface area contributed by atoms with Crippen molar-refractivity contribution in [2.45, 2.75) is 110 Å². The fraction of sp³-hybridized carbons (Fsp3) is 0.595. The molecule has 1 saturated heterocycles. The van der Waals surface area contributed by atoms with Gasteiger partial charge in [-0.05, 0) is 85.5 Å². The van der Waals surface area contributed by atoms with Crippen LogP contribution in [0.25, 0.3) is 0 Å². The van der Waals surface area contributed by atoms with Gasteiger partial charge in [-0.15, -0.1) is 0 Å². The number of aryl methyl sites for hydroxylation is 1. The summed E-state index contributed by atoms with van der Waals surface area (Å²) in [6, 6.07) is 15.7. The third kappa shape index (κ3) is 8.03. The van der Waals surface area contributed by atoms with Crippen LogP contribution in [0.15, 0.2) is 54.6 Å². The Morgan fingerprint density at radius 1 is 0.979 bits per heavy atom. The van der Waals surface area contributed by atoms with Crippen molar-refractivity contribution in [3.8, 4) is 0 Å². The fourth-order valence-electron chi connectivity index (χ4n) is 7.71. The van der Waals surface area contributed by atoms with Crippen molar-refractivity contribution >= 4 is 25.0 Å². The van der Waals surface area contributed by atoms with Crippen LogP contribution in [0.5, 0.6) is 0 Å². The van der Waals surface area contributed by atoms with E-state index in [-0.39, 0.29) is 30.6 Å². The Kier molecular flexibility index (Phi) is 11.0. The summed E-state index contributed by atoms with van der Waals surface area (Å²) in [7, 11) is -0.609. The van der Waals surface area contributed by atoms with Crippen LogP contribution in [0, 0.1) is 23.2 Å². The van der Waals surface area contributed by atoms with E-state index in [4.69, 9.17) is 14.0 Å². The highest BCUT2D eigenvalue weighted by molar-refractivity contribution is 6.48. The van der Waals surface area contributed by atoms with Gasteiger partial charge in [-0.3, -0.25) is 9.59 Å². The van der Waals surface area contributed by atoms with Gasteiger partial charge in [-0.1, -0.05) is 83.5 Å². The Labute approximate surface area is 280 Å². The quantitative estimate of drug-likeness (QED) is 0.222. The number of nitrogens with one attached hydrogen (secondary N) is 3. The molecule has 3 aliphatic carbocycles. The monoisotopic (exact) mass is 645 g/mol.